The van der Waals surface area contributed by atoms with Gasteiger partial charge in [-0.05, 0) is 24.3 Å². The van der Waals surface area contributed by atoms with E-state index in [0.717, 1.165) is 5.03 Å². The monoisotopic (exact) mass is 246 g/mol. The molecule has 4 nitrogen and oxygen atoms in total. The predicted molar refractivity (Wildman–Crippen MR) is 65.2 cm³/mol. The van der Waals surface area contributed by atoms with Crippen LogP contribution in [0.15, 0.2) is 47.9 Å². The number of benzene rings is 1. The lowest BCUT2D eigenvalue weighted by atomic mass is 10.1. The van der Waals surface area contributed by atoms with Crippen LogP contribution in [0.1, 0.15) is 10.4 Å². The van der Waals surface area contributed by atoms with Crippen LogP contribution < -0.4 is 0 Å². The van der Waals surface area contributed by atoms with Crippen LogP contribution in [0.2, 0.25) is 0 Å². The van der Waals surface area contributed by atoms with Crippen molar-refractivity contribution >= 4 is 17.5 Å². The summed E-state index contributed by atoms with van der Waals surface area (Å²) in [6, 6.07) is 6.21. The minimum Gasteiger partial charge on any atom is -0.508 e. The van der Waals surface area contributed by atoms with Crippen molar-refractivity contribution in [1.29, 1.82) is 0 Å². The lowest BCUT2D eigenvalue weighted by Gasteiger charge is -2.00. The summed E-state index contributed by atoms with van der Waals surface area (Å²) in [6.45, 7) is 0. The predicted octanol–water partition coefficient (Wildman–Crippen LogP) is 2.16. The summed E-state index contributed by atoms with van der Waals surface area (Å²) in [5, 5.41) is 9.83. The molecule has 0 amide bonds. The molecule has 2 aromatic rings. The van der Waals surface area contributed by atoms with Crippen LogP contribution in [0.5, 0.6) is 5.75 Å². The zero-order valence-electron chi connectivity index (χ0n) is 8.91. The lowest BCUT2D eigenvalue weighted by Crippen LogP contribution is -2.02. The third kappa shape index (κ3) is 3.29. The molecule has 0 bridgehead atoms. The molecule has 0 radical (unpaired) electrons. The van der Waals surface area contributed by atoms with E-state index in [-0.39, 0.29) is 11.5 Å². The SMILES string of the molecule is O=C(CSc1cnccn1)c1ccc(O)cc1. The van der Waals surface area contributed by atoms with Crippen LogP contribution in [0.4, 0.5) is 0 Å². The van der Waals surface area contributed by atoms with E-state index in [0.29, 0.717) is 11.3 Å². The number of phenols is 1. The molecule has 0 aliphatic heterocycles. The number of rotatable bonds is 4. The Kier molecular flexibility index (Phi) is 3.72. The number of ketones is 1. The van der Waals surface area contributed by atoms with Crippen molar-refractivity contribution in [3.05, 3.63) is 48.4 Å². The van der Waals surface area contributed by atoms with E-state index in [9.17, 15) is 4.79 Å². The largest absolute Gasteiger partial charge is 0.508 e. The van der Waals surface area contributed by atoms with Crippen LogP contribution in [-0.2, 0) is 0 Å². The Morgan fingerprint density at radius 1 is 1.24 bits per heavy atom. The van der Waals surface area contributed by atoms with Crippen LogP contribution in [0.25, 0.3) is 0 Å². The molecule has 1 aromatic carbocycles. The number of hydrogen-bond acceptors (Lipinski definition) is 5. The molecule has 0 saturated carbocycles. The first-order valence-electron chi connectivity index (χ1n) is 4.97. The summed E-state index contributed by atoms with van der Waals surface area (Å²) < 4.78 is 0. The molecule has 0 aliphatic carbocycles. The Hall–Kier alpha value is -1.88. The molecule has 1 heterocycles. The quantitative estimate of drug-likeness (QED) is 0.661. The fourth-order valence-electron chi connectivity index (χ4n) is 1.23. The number of aromatic hydroxyl groups is 1. The van der Waals surface area contributed by atoms with Gasteiger partial charge in [0.05, 0.1) is 11.9 Å². The topological polar surface area (TPSA) is 63.1 Å². The number of thioether (sulfide) groups is 1. The highest BCUT2D eigenvalue weighted by Crippen LogP contribution is 2.16. The van der Waals surface area contributed by atoms with Gasteiger partial charge in [-0.1, -0.05) is 11.8 Å². The molecule has 86 valence electrons. The Labute approximate surface area is 103 Å². The second-order valence-corrected chi connectivity index (χ2v) is 4.30. The third-order valence-corrected chi connectivity index (χ3v) is 2.99. The number of aromatic nitrogens is 2. The van der Waals surface area contributed by atoms with Gasteiger partial charge in [0, 0.05) is 18.0 Å². The van der Waals surface area contributed by atoms with Crippen molar-refractivity contribution in [2.24, 2.45) is 0 Å². The number of phenolic OH excluding ortho intramolecular Hbond substituents is 1. The Morgan fingerprint density at radius 2 is 2.00 bits per heavy atom. The molecule has 0 spiro atoms. The van der Waals surface area contributed by atoms with Crippen molar-refractivity contribution in [2.45, 2.75) is 5.03 Å². The number of carbonyl (C=O) groups excluding carboxylic acids is 1. The second-order valence-electron chi connectivity index (χ2n) is 3.30. The molecule has 1 aromatic heterocycles. The standard InChI is InChI=1S/C12H10N2O2S/c15-10-3-1-9(2-4-10)11(16)8-17-12-7-13-5-6-14-12/h1-7,15H,8H2. The molecule has 1 N–H and O–H groups in total. The molecule has 0 aliphatic rings. The zero-order chi connectivity index (χ0) is 12.1. The molecular formula is C12H10N2O2S. The van der Waals surface area contributed by atoms with Gasteiger partial charge in [0.1, 0.15) is 10.8 Å². The Bertz CT molecular complexity index is 500. The highest BCUT2D eigenvalue weighted by Gasteiger charge is 2.06. The third-order valence-electron chi connectivity index (χ3n) is 2.08. The first kappa shape index (κ1) is 11.6. The van der Waals surface area contributed by atoms with E-state index in [1.165, 1.54) is 23.9 Å². The number of Topliss-reactive ketones (excluding diaryl/α,β-unsaturated/α-hetero) is 1. The number of hydrogen-bond donors (Lipinski definition) is 1. The number of nitrogens with zero attached hydrogens (tertiary/aromatic N) is 2. The maximum atomic E-state index is 11.8. The van der Waals surface area contributed by atoms with Crippen molar-refractivity contribution in [3.8, 4) is 5.75 Å². The molecule has 5 heteroatoms. The normalized spacial score (nSPS) is 10.1. The molecule has 0 atom stereocenters. The van der Waals surface area contributed by atoms with Gasteiger partial charge in [0.2, 0.25) is 0 Å². The fraction of sp³-hybridized carbons (Fsp3) is 0.0833. The maximum absolute atomic E-state index is 11.8. The Balaban J connectivity index is 1.96. The van der Waals surface area contributed by atoms with E-state index in [1.54, 1.807) is 30.7 Å². The average Bonchev–Trinajstić information content (AvgIpc) is 2.38. The van der Waals surface area contributed by atoms with Gasteiger partial charge >= 0.3 is 0 Å². The maximum Gasteiger partial charge on any atom is 0.173 e. The van der Waals surface area contributed by atoms with Crippen LogP contribution in [0, 0.1) is 0 Å². The molecule has 2 rings (SSSR count). The van der Waals surface area contributed by atoms with E-state index in [1.807, 2.05) is 0 Å². The smallest absolute Gasteiger partial charge is 0.173 e. The minimum absolute atomic E-state index is 0.000605. The van der Waals surface area contributed by atoms with Crippen molar-refractivity contribution < 1.29 is 9.90 Å². The van der Waals surface area contributed by atoms with Crippen molar-refractivity contribution in [2.75, 3.05) is 5.75 Å². The molecule has 0 unspecified atom stereocenters. The average molecular weight is 246 g/mol. The molecule has 0 fully saturated rings. The van der Waals surface area contributed by atoms with Crippen LogP contribution in [-0.4, -0.2) is 26.6 Å². The van der Waals surface area contributed by atoms with Gasteiger partial charge in [-0.25, -0.2) is 4.98 Å². The summed E-state index contributed by atoms with van der Waals surface area (Å²) in [5.74, 6) is 0.465. The highest BCUT2D eigenvalue weighted by molar-refractivity contribution is 7.99. The van der Waals surface area contributed by atoms with E-state index in [4.69, 9.17) is 5.11 Å². The van der Waals surface area contributed by atoms with Gasteiger partial charge in [-0.3, -0.25) is 9.78 Å². The zero-order valence-corrected chi connectivity index (χ0v) is 9.72. The summed E-state index contributed by atoms with van der Waals surface area (Å²) in [4.78, 5) is 19.8. The van der Waals surface area contributed by atoms with Gasteiger partial charge in [0.15, 0.2) is 5.78 Å². The lowest BCUT2D eigenvalue weighted by molar-refractivity contribution is 0.102. The van der Waals surface area contributed by atoms with E-state index in [2.05, 4.69) is 9.97 Å². The summed E-state index contributed by atoms with van der Waals surface area (Å²) in [6.07, 6.45) is 4.80. The van der Waals surface area contributed by atoms with Gasteiger partial charge in [-0.15, -0.1) is 0 Å². The summed E-state index contributed by atoms with van der Waals surface area (Å²) in [7, 11) is 0. The van der Waals surface area contributed by atoms with Crippen LogP contribution in [0.3, 0.4) is 0 Å². The first-order valence-corrected chi connectivity index (χ1v) is 5.95. The number of carbonyl (C=O) groups is 1. The van der Waals surface area contributed by atoms with E-state index >= 15 is 0 Å². The minimum atomic E-state index is 0.000605. The van der Waals surface area contributed by atoms with Gasteiger partial charge in [0.25, 0.3) is 0 Å². The summed E-state index contributed by atoms with van der Waals surface area (Å²) >= 11 is 1.34. The highest BCUT2D eigenvalue weighted by atomic mass is 32.2. The second kappa shape index (κ2) is 5.45. The first-order chi connectivity index (χ1) is 8.25. The van der Waals surface area contributed by atoms with Gasteiger partial charge < -0.3 is 5.11 Å². The van der Waals surface area contributed by atoms with Crippen molar-refractivity contribution in [3.63, 3.8) is 0 Å². The van der Waals surface area contributed by atoms with Gasteiger partial charge in [-0.2, -0.15) is 0 Å². The van der Waals surface area contributed by atoms with Crippen LogP contribution >= 0.6 is 11.8 Å². The molecule has 17 heavy (non-hydrogen) atoms. The molecule has 0 saturated heterocycles. The van der Waals surface area contributed by atoms with Crippen molar-refractivity contribution in [1.82, 2.24) is 9.97 Å². The Morgan fingerprint density at radius 3 is 2.65 bits per heavy atom. The fourth-order valence-corrected chi connectivity index (χ4v) is 1.95. The van der Waals surface area contributed by atoms with E-state index < -0.39 is 0 Å². The summed E-state index contributed by atoms with van der Waals surface area (Å²) in [5.41, 5.74) is 0.583. The molecular weight excluding hydrogens is 236 g/mol.